The Bertz CT molecular complexity index is 572. The fraction of sp³-hybridized carbons (Fsp3) is 0.267. The summed E-state index contributed by atoms with van der Waals surface area (Å²) in [4.78, 5) is 4.02. The van der Waals surface area contributed by atoms with Crippen LogP contribution in [-0.4, -0.2) is 4.98 Å². The van der Waals surface area contributed by atoms with Crippen LogP contribution in [0.1, 0.15) is 24.0 Å². The van der Waals surface area contributed by atoms with E-state index in [0.717, 1.165) is 12.2 Å². The number of hydrogen-bond donors (Lipinski definition) is 1. The van der Waals surface area contributed by atoms with Gasteiger partial charge >= 0.3 is 0 Å². The molecule has 0 saturated carbocycles. The maximum Gasteiger partial charge on any atom is 0.168 e. The number of benzene rings is 1. The number of aryl methyl sites for hydroxylation is 2. The number of nitrogen functional groups attached to an aromatic ring is 1. The quantitative estimate of drug-likeness (QED) is 0.909. The molecule has 0 aliphatic heterocycles. The zero-order chi connectivity index (χ0) is 12.4. The Labute approximate surface area is 119 Å². The van der Waals surface area contributed by atoms with Gasteiger partial charge in [0.2, 0.25) is 0 Å². The molecule has 19 heavy (non-hydrogen) atoms. The lowest BCUT2D eigenvalue weighted by Gasteiger charge is -2.16. The van der Waals surface area contributed by atoms with Crippen LogP contribution in [-0.2, 0) is 12.8 Å². The normalized spacial score (nSPS) is 13.3. The summed E-state index contributed by atoms with van der Waals surface area (Å²) in [5, 5.41) is 0. The van der Waals surface area contributed by atoms with Gasteiger partial charge in [-0.3, -0.25) is 4.98 Å². The van der Waals surface area contributed by atoms with Gasteiger partial charge in [-0.2, -0.15) is 0 Å². The summed E-state index contributed by atoms with van der Waals surface area (Å²) in [5.41, 5.74) is 9.31. The van der Waals surface area contributed by atoms with Gasteiger partial charge in [-0.05, 0) is 55.0 Å². The molecule has 0 spiro atoms. The summed E-state index contributed by atoms with van der Waals surface area (Å²) in [6.07, 6.45) is 8.21. The predicted octanol–water partition coefficient (Wildman–Crippen LogP) is 3.76. The van der Waals surface area contributed by atoms with Crippen LogP contribution >= 0.6 is 12.4 Å². The van der Waals surface area contributed by atoms with Crippen molar-refractivity contribution in [1.82, 2.24) is 4.98 Å². The van der Waals surface area contributed by atoms with Crippen LogP contribution in [0.2, 0.25) is 0 Å². The molecule has 0 bridgehead atoms. The molecule has 3 nitrogen and oxygen atoms in total. The smallest absolute Gasteiger partial charge is 0.168 e. The molecular weight excluding hydrogens is 260 g/mol. The lowest BCUT2D eigenvalue weighted by molar-refractivity contribution is 0.481. The molecule has 1 aliphatic carbocycles. The molecule has 0 unspecified atom stereocenters. The van der Waals surface area contributed by atoms with Crippen molar-refractivity contribution in [3.63, 3.8) is 0 Å². The second-order valence-corrected chi connectivity index (χ2v) is 4.65. The van der Waals surface area contributed by atoms with Crippen molar-refractivity contribution < 1.29 is 4.74 Å². The molecule has 0 amide bonds. The van der Waals surface area contributed by atoms with Gasteiger partial charge in [-0.15, -0.1) is 12.4 Å². The average molecular weight is 277 g/mol. The zero-order valence-electron chi connectivity index (χ0n) is 10.6. The first-order chi connectivity index (χ1) is 8.83. The molecule has 4 heteroatoms. The molecule has 1 aromatic carbocycles. The number of fused-ring (bicyclic) bond motifs is 1. The van der Waals surface area contributed by atoms with Gasteiger partial charge in [0.05, 0.1) is 11.9 Å². The fourth-order valence-electron chi connectivity index (χ4n) is 2.38. The van der Waals surface area contributed by atoms with Gasteiger partial charge in [0.15, 0.2) is 5.75 Å². The zero-order valence-corrected chi connectivity index (χ0v) is 11.5. The summed E-state index contributed by atoms with van der Waals surface area (Å²) in [7, 11) is 0. The first kappa shape index (κ1) is 13.7. The van der Waals surface area contributed by atoms with Crippen molar-refractivity contribution in [3.8, 4) is 11.5 Å². The highest BCUT2D eigenvalue weighted by Gasteiger charge is 2.10. The third-order valence-electron chi connectivity index (χ3n) is 3.36. The minimum absolute atomic E-state index is 0. The van der Waals surface area contributed by atoms with Gasteiger partial charge in [0.1, 0.15) is 5.75 Å². The van der Waals surface area contributed by atoms with Crippen LogP contribution in [0.4, 0.5) is 5.69 Å². The second kappa shape index (κ2) is 5.93. The van der Waals surface area contributed by atoms with Crippen molar-refractivity contribution in [3.05, 3.63) is 47.8 Å². The van der Waals surface area contributed by atoms with Crippen molar-refractivity contribution in [1.29, 1.82) is 0 Å². The van der Waals surface area contributed by atoms with Crippen LogP contribution in [0.25, 0.3) is 0 Å². The van der Waals surface area contributed by atoms with E-state index in [1.165, 1.54) is 30.4 Å². The van der Waals surface area contributed by atoms with Crippen molar-refractivity contribution >= 4 is 18.1 Å². The highest BCUT2D eigenvalue weighted by Crippen LogP contribution is 2.30. The van der Waals surface area contributed by atoms with Gasteiger partial charge in [0.25, 0.3) is 0 Å². The average Bonchev–Trinajstić information content (AvgIpc) is 2.41. The van der Waals surface area contributed by atoms with Gasteiger partial charge in [-0.25, -0.2) is 0 Å². The maximum atomic E-state index is 5.84. The number of ether oxygens (including phenoxy) is 1. The molecular formula is C15H17ClN2O. The summed E-state index contributed by atoms with van der Waals surface area (Å²) in [6, 6.07) is 8.04. The van der Waals surface area contributed by atoms with E-state index in [1.54, 1.807) is 18.5 Å². The third-order valence-corrected chi connectivity index (χ3v) is 3.36. The topological polar surface area (TPSA) is 48.1 Å². The minimum atomic E-state index is 0. The van der Waals surface area contributed by atoms with Crippen molar-refractivity contribution in [2.24, 2.45) is 0 Å². The highest BCUT2D eigenvalue weighted by molar-refractivity contribution is 5.85. The molecule has 100 valence electrons. The Morgan fingerprint density at radius 3 is 2.63 bits per heavy atom. The number of nitrogens with two attached hydrogens (primary N) is 1. The standard InChI is InChI=1S/C15H16N2O.ClH/c16-14-7-8-17-10-15(14)18-13-6-5-11-3-1-2-4-12(11)9-13;/h5-10H,1-4H2,(H2,16,17);1H. The molecule has 2 aromatic rings. The Hall–Kier alpha value is -1.74. The van der Waals surface area contributed by atoms with Crippen LogP contribution in [0.5, 0.6) is 11.5 Å². The molecule has 0 atom stereocenters. The summed E-state index contributed by atoms with van der Waals surface area (Å²) >= 11 is 0. The molecule has 1 aromatic heterocycles. The fourth-order valence-corrected chi connectivity index (χ4v) is 2.38. The minimum Gasteiger partial charge on any atom is -0.454 e. The number of aromatic nitrogens is 1. The molecule has 0 radical (unpaired) electrons. The maximum absolute atomic E-state index is 5.84. The summed E-state index contributed by atoms with van der Waals surface area (Å²) in [6.45, 7) is 0. The van der Waals surface area contributed by atoms with Gasteiger partial charge < -0.3 is 10.5 Å². The Morgan fingerprint density at radius 1 is 1.05 bits per heavy atom. The lowest BCUT2D eigenvalue weighted by atomic mass is 9.92. The molecule has 1 heterocycles. The first-order valence-corrected chi connectivity index (χ1v) is 6.32. The van der Waals surface area contributed by atoms with E-state index in [9.17, 15) is 0 Å². The van der Waals surface area contributed by atoms with E-state index in [1.807, 2.05) is 6.07 Å². The van der Waals surface area contributed by atoms with E-state index in [2.05, 4.69) is 17.1 Å². The van der Waals surface area contributed by atoms with E-state index in [-0.39, 0.29) is 12.4 Å². The summed E-state index contributed by atoms with van der Waals surface area (Å²) < 4.78 is 5.79. The lowest BCUT2D eigenvalue weighted by Crippen LogP contribution is -2.02. The first-order valence-electron chi connectivity index (χ1n) is 6.32. The van der Waals surface area contributed by atoms with Crippen LogP contribution in [0.15, 0.2) is 36.7 Å². The monoisotopic (exact) mass is 276 g/mol. The molecule has 0 saturated heterocycles. The van der Waals surface area contributed by atoms with Crippen molar-refractivity contribution in [2.75, 3.05) is 5.73 Å². The Kier molecular flexibility index (Phi) is 4.27. The largest absolute Gasteiger partial charge is 0.454 e. The number of hydrogen-bond acceptors (Lipinski definition) is 3. The number of nitrogens with zero attached hydrogens (tertiary/aromatic N) is 1. The van der Waals surface area contributed by atoms with Crippen LogP contribution in [0.3, 0.4) is 0 Å². The van der Waals surface area contributed by atoms with E-state index in [4.69, 9.17) is 10.5 Å². The third kappa shape index (κ3) is 2.99. The summed E-state index contributed by atoms with van der Waals surface area (Å²) in [5.74, 6) is 1.46. The molecule has 3 rings (SSSR count). The Morgan fingerprint density at radius 2 is 1.84 bits per heavy atom. The van der Waals surface area contributed by atoms with Crippen LogP contribution < -0.4 is 10.5 Å². The SMILES string of the molecule is Cl.Nc1ccncc1Oc1ccc2c(c1)CCCC2. The van der Waals surface area contributed by atoms with Crippen LogP contribution in [0, 0.1) is 0 Å². The molecule has 0 fully saturated rings. The molecule has 1 aliphatic rings. The number of halogens is 1. The molecule has 2 N–H and O–H groups in total. The number of anilines is 1. The highest BCUT2D eigenvalue weighted by atomic mass is 35.5. The van der Waals surface area contributed by atoms with E-state index >= 15 is 0 Å². The van der Waals surface area contributed by atoms with Gasteiger partial charge in [-0.1, -0.05) is 6.07 Å². The van der Waals surface area contributed by atoms with E-state index in [0.29, 0.717) is 11.4 Å². The Balaban J connectivity index is 0.00000133. The van der Waals surface area contributed by atoms with Gasteiger partial charge in [0, 0.05) is 6.20 Å². The van der Waals surface area contributed by atoms with Crippen molar-refractivity contribution in [2.45, 2.75) is 25.7 Å². The number of rotatable bonds is 2. The number of pyridine rings is 1. The second-order valence-electron chi connectivity index (χ2n) is 4.65. The predicted molar refractivity (Wildman–Crippen MR) is 79.1 cm³/mol. The van der Waals surface area contributed by atoms with E-state index < -0.39 is 0 Å².